The van der Waals surface area contributed by atoms with Gasteiger partial charge in [-0.3, -0.25) is 9.59 Å². The number of carbonyl (C=O) groups is 2. The highest BCUT2D eigenvalue weighted by Crippen LogP contribution is 2.22. The molecule has 1 N–H and O–H groups in total. The van der Waals surface area contributed by atoms with E-state index in [1.54, 1.807) is 0 Å². The third-order valence-corrected chi connectivity index (χ3v) is 8.06. The Balaban J connectivity index is 0.987. The maximum atomic E-state index is 12.9. The molecule has 220 valence electrons. The van der Waals surface area contributed by atoms with Gasteiger partial charge in [0.1, 0.15) is 0 Å². The highest BCUT2D eigenvalue weighted by molar-refractivity contribution is 5.98. The Morgan fingerprint density at radius 1 is 0.512 bits per heavy atom. The fourth-order valence-corrected chi connectivity index (χ4v) is 5.51. The average molecular weight is 576 g/mol. The van der Waals surface area contributed by atoms with Gasteiger partial charge in [0.2, 0.25) is 0 Å². The van der Waals surface area contributed by atoms with Crippen molar-refractivity contribution in [1.29, 1.82) is 0 Å². The van der Waals surface area contributed by atoms with E-state index in [1.165, 1.54) is 0 Å². The Kier molecular flexibility index (Phi) is 9.11. The molecule has 4 aromatic rings. The standard InChI is InChI=1S/C36H37N3O4/c40-35(29-5-13-33(14-6-29)38-17-21-42-22-18-38)25-27-1-9-31(10-2-27)37-32-11-3-28(4-12-32)26-36(41)30-7-15-34(16-8-30)39-19-23-43-24-20-39/h1-16,37H,17-26H2. The Labute approximate surface area is 253 Å². The first-order valence-corrected chi connectivity index (χ1v) is 15.0. The van der Waals surface area contributed by atoms with E-state index < -0.39 is 0 Å². The van der Waals surface area contributed by atoms with Crippen molar-refractivity contribution in [2.45, 2.75) is 12.8 Å². The summed E-state index contributed by atoms with van der Waals surface area (Å²) in [6, 6.07) is 31.7. The summed E-state index contributed by atoms with van der Waals surface area (Å²) < 4.78 is 10.8. The molecule has 0 aliphatic carbocycles. The second-order valence-electron chi connectivity index (χ2n) is 11.0. The number of rotatable bonds is 10. The molecule has 2 saturated heterocycles. The largest absolute Gasteiger partial charge is 0.378 e. The first-order chi connectivity index (χ1) is 21.1. The van der Waals surface area contributed by atoms with Crippen molar-refractivity contribution in [3.63, 3.8) is 0 Å². The van der Waals surface area contributed by atoms with E-state index in [2.05, 4.69) is 15.1 Å². The van der Waals surface area contributed by atoms with Crippen LogP contribution in [0.3, 0.4) is 0 Å². The van der Waals surface area contributed by atoms with E-state index in [9.17, 15) is 9.59 Å². The number of carbonyl (C=O) groups excluding carboxylic acids is 2. The zero-order valence-corrected chi connectivity index (χ0v) is 24.3. The van der Waals surface area contributed by atoms with E-state index >= 15 is 0 Å². The van der Waals surface area contributed by atoms with Crippen molar-refractivity contribution in [3.8, 4) is 0 Å². The smallest absolute Gasteiger partial charge is 0.167 e. The molecule has 0 radical (unpaired) electrons. The van der Waals surface area contributed by atoms with Gasteiger partial charge in [-0.1, -0.05) is 24.3 Å². The van der Waals surface area contributed by atoms with E-state index in [0.717, 1.165) is 97.6 Å². The lowest BCUT2D eigenvalue weighted by Gasteiger charge is -2.28. The van der Waals surface area contributed by atoms with Crippen LogP contribution in [0.15, 0.2) is 97.1 Å². The lowest BCUT2D eigenvalue weighted by Crippen LogP contribution is -2.36. The zero-order chi connectivity index (χ0) is 29.4. The number of ether oxygens (including phenoxy) is 2. The summed E-state index contributed by atoms with van der Waals surface area (Å²) in [5.74, 6) is 0.208. The van der Waals surface area contributed by atoms with E-state index in [0.29, 0.717) is 12.8 Å². The van der Waals surface area contributed by atoms with Crippen LogP contribution in [0, 0.1) is 0 Å². The molecule has 0 unspecified atom stereocenters. The molecule has 0 saturated carbocycles. The van der Waals surface area contributed by atoms with Gasteiger partial charge in [-0.15, -0.1) is 0 Å². The van der Waals surface area contributed by atoms with Crippen LogP contribution in [-0.4, -0.2) is 64.2 Å². The van der Waals surface area contributed by atoms with Gasteiger partial charge >= 0.3 is 0 Å². The summed E-state index contributed by atoms with van der Waals surface area (Å²) in [5, 5.41) is 3.41. The normalized spacial score (nSPS) is 15.3. The maximum absolute atomic E-state index is 12.9. The van der Waals surface area contributed by atoms with Crippen molar-refractivity contribution < 1.29 is 19.1 Å². The number of ketones is 2. The molecule has 43 heavy (non-hydrogen) atoms. The fraction of sp³-hybridized carbons (Fsp3) is 0.278. The number of hydrogen-bond donors (Lipinski definition) is 1. The highest BCUT2D eigenvalue weighted by atomic mass is 16.5. The van der Waals surface area contributed by atoms with Crippen LogP contribution in [0.4, 0.5) is 22.7 Å². The second kappa shape index (κ2) is 13.7. The van der Waals surface area contributed by atoms with Crippen molar-refractivity contribution in [2.24, 2.45) is 0 Å². The van der Waals surface area contributed by atoms with Gasteiger partial charge in [0.15, 0.2) is 11.6 Å². The Morgan fingerprint density at radius 3 is 1.21 bits per heavy atom. The third kappa shape index (κ3) is 7.49. The van der Waals surface area contributed by atoms with Crippen LogP contribution >= 0.6 is 0 Å². The Bertz CT molecular complexity index is 1390. The van der Waals surface area contributed by atoms with Gasteiger partial charge in [-0.2, -0.15) is 0 Å². The second-order valence-corrected chi connectivity index (χ2v) is 11.0. The number of anilines is 4. The molecule has 0 atom stereocenters. The van der Waals surface area contributed by atoms with Crippen LogP contribution in [0.1, 0.15) is 31.8 Å². The minimum atomic E-state index is 0.104. The molecule has 2 heterocycles. The molecule has 0 amide bonds. The monoisotopic (exact) mass is 575 g/mol. The van der Waals surface area contributed by atoms with Crippen LogP contribution < -0.4 is 15.1 Å². The number of Topliss-reactive ketones (excluding diaryl/α,β-unsaturated/α-hetero) is 2. The SMILES string of the molecule is O=C(Cc1ccc(Nc2ccc(CC(=O)c3ccc(N4CCOCC4)cc3)cc2)cc1)c1ccc(N2CCOCC2)cc1. The van der Waals surface area contributed by atoms with E-state index in [1.807, 2.05) is 97.1 Å². The number of hydrogen-bond acceptors (Lipinski definition) is 7. The van der Waals surface area contributed by atoms with Gasteiger partial charge in [-0.25, -0.2) is 0 Å². The average Bonchev–Trinajstić information content (AvgIpc) is 3.07. The lowest BCUT2D eigenvalue weighted by atomic mass is 10.0. The minimum Gasteiger partial charge on any atom is -0.378 e. The fourth-order valence-electron chi connectivity index (χ4n) is 5.51. The summed E-state index contributed by atoms with van der Waals surface area (Å²) in [7, 11) is 0. The summed E-state index contributed by atoms with van der Waals surface area (Å²) in [6.45, 7) is 6.47. The molecular weight excluding hydrogens is 538 g/mol. The molecule has 7 heteroatoms. The molecule has 0 aromatic heterocycles. The molecule has 0 bridgehead atoms. The van der Waals surface area contributed by atoms with E-state index in [-0.39, 0.29) is 11.6 Å². The number of benzene rings is 4. The topological polar surface area (TPSA) is 71.1 Å². The van der Waals surface area contributed by atoms with Crippen molar-refractivity contribution in [1.82, 2.24) is 0 Å². The predicted molar refractivity (Wildman–Crippen MR) is 171 cm³/mol. The summed E-state index contributed by atoms with van der Waals surface area (Å²) in [5.41, 5.74) is 7.53. The van der Waals surface area contributed by atoms with Crippen LogP contribution in [0.25, 0.3) is 0 Å². The number of nitrogens with one attached hydrogen (secondary N) is 1. The minimum absolute atomic E-state index is 0.104. The first kappa shape index (κ1) is 28.6. The predicted octanol–water partition coefficient (Wildman–Crippen LogP) is 5.95. The Morgan fingerprint density at radius 2 is 0.860 bits per heavy atom. The molecule has 4 aromatic carbocycles. The van der Waals surface area contributed by atoms with Gasteiger partial charge in [0.05, 0.1) is 26.4 Å². The molecule has 7 nitrogen and oxygen atoms in total. The summed E-state index contributed by atoms with van der Waals surface area (Å²) in [4.78, 5) is 30.3. The quantitative estimate of drug-likeness (QED) is 0.234. The zero-order valence-electron chi connectivity index (χ0n) is 24.3. The third-order valence-electron chi connectivity index (χ3n) is 8.06. The Hall–Kier alpha value is -4.46. The maximum Gasteiger partial charge on any atom is 0.167 e. The van der Waals surface area contributed by atoms with Crippen LogP contribution in [-0.2, 0) is 22.3 Å². The van der Waals surface area contributed by atoms with Crippen molar-refractivity contribution in [2.75, 3.05) is 67.7 Å². The van der Waals surface area contributed by atoms with Crippen LogP contribution in [0.5, 0.6) is 0 Å². The molecule has 2 aliphatic rings. The molecule has 0 spiro atoms. The van der Waals surface area contributed by atoms with Crippen molar-refractivity contribution >= 4 is 34.3 Å². The summed E-state index contributed by atoms with van der Waals surface area (Å²) in [6.07, 6.45) is 0.714. The molecule has 6 rings (SSSR count). The molecular formula is C36H37N3O4. The van der Waals surface area contributed by atoms with Crippen molar-refractivity contribution in [3.05, 3.63) is 119 Å². The molecule has 2 fully saturated rings. The van der Waals surface area contributed by atoms with Gasteiger partial charge < -0.3 is 24.6 Å². The van der Waals surface area contributed by atoms with E-state index in [4.69, 9.17) is 9.47 Å². The van der Waals surface area contributed by atoms with Gasteiger partial charge in [-0.05, 0) is 83.9 Å². The number of nitrogens with zero attached hydrogens (tertiary/aromatic N) is 2. The molecule has 2 aliphatic heterocycles. The summed E-state index contributed by atoms with van der Waals surface area (Å²) >= 11 is 0. The highest BCUT2D eigenvalue weighted by Gasteiger charge is 2.14. The van der Waals surface area contributed by atoms with Gasteiger partial charge in [0, 0.05) is 72.9 Å². The van der Waals surface area contributed by atoms with Gasteiger partial charge in [0.25, 0.3) is 0 Å². The lowest BCUT2D eigenvalue weighted by molar-refractivity contribution is 0.0984. The first-order valence-electron chi connectivity index (χ1n) is 15.0. The van der Waals surface area contributed by atoms with Crippen LogP contribution in [0.2, 0.25) is 0 Å². The number of morpholine rings is 2.